The van der Waals surface area contributed by atoms with Gasteiger partial charge in [0, 0.05) is 11.8 Å². The van der Waals surface area contributed by atoms with E-state index in [2.05, 4.69) is 20.4 Å². The van der Waals surface area contributed by atoms with Crippen LogP contribution in [0.4, 0.5) is 0 Å². The molecule has 3 heterocycles. The van der Waals surface area contributed by atoms with Crippen LogP contribution >= 0.6 is 0 Å². The van der Waals surface area contributed by atoms with Crippen molar-refractivity contribution >= 4 is 17.6 Å². The van der Waals surface area contributed by atoms with E-state index < -0.39 is 5.54 Å². The fourth-order valence-corrected chi connectivity index (χ4v) is 3.20. The summed E-state index contributed by atoms with van der Waals surface area (Å²) in [4.78, 5) is 35.1. The minimum atomic E-state index is -1.08. The molecule has 1 aromatic heterocycles. The molecule has 0 radical (unpaired) electrons. The topological polar surface area (TPSA) is 101 Å². The molecule has 2 amide bonds. The molecule has 2 aromatic rings. The van der Waals surface area contributed by atoms with Gasteiger partial charge in [-0.25, -0.2) is 0 Å². The number of nitrogens with one attached hydrogen (secondary N) is 1. The molecule has 0 unspecified atom stereocenters. The van der Waals surface area contributed by atoms with Crippen molar-refractivity contribution in [3.05, 3.63) is 60.1 Å². The van der Waals surface area contributed by atoms with Crippen LogP contribution in [0.15, 0.2) is 63.8 Å². The highest BCUT2D eigenvalue weighted by molar-refractivity contribution is 6.09. The molecule has 2 aliphatic rings. The Labute approximate surface area is 161 Å². The third-order valence-electron chi connectivity index (χ3n) is 4.74. The van der Waals surface area contributed by atoms with Crippen LogP contribution in [0, 0.1) is 0 Å². The highest BCUT2D eigenvalue weighted by atomic mass is 16.5. The van der Waals surface area contributed by atoms with Gasteiger partial charge in [0.05, 0.1) is 13.0 Å². The monoisotopic (exact) mass is 377 g/mol. The minimum absolute atomic E-state index is 0.0128. The lowest BCUT2D eigenvalue weighted by Crippen LogP contribution is -2.59. The van der Waals surface area contributed by atoms with Gasteiger partial charge in [0.2, 0.25) is 5.91 Å². The first-order valence-electron chi connectivity index (χ1n) is 8.89. The maximum Gasteiger partial charge on any atom is 0.257 e. The molecular formula is C20H19N5O3. The Morgan fingerprint density at radius 1 is 1.32 bits per heavy atom. The highest BCUT2D eigenvalue weighted by Gasteiger charge is 2.45. The molecular weight excluding hydrogens is 358 g/mol. The van der Waals surface area contributed by atoms with Gasteiger partial charge in [0.15, 0.2) is 5.82 Å². The summed E-state index contributed by atoms with van der Waals surface area (Å²) in [7, 11) is 0. The number of aromatic nitrogens is 2. The number of hydrogen-bond donors (Lipinski definition) is 1. The van der Waals surface area contributed by atoms with Crippen molar-refractivity contribution in [1.29, 1.82) is 0 Å². The fraction of sp³-hybridized carbons (Fsp3) is 0.250. The Hall–Kier alpha value is -3.55. The molecule has 0 saturated heterocycles. The molecule has 8 heteroatoms. The largest absolute Gasteiger partial charge is 0.347 e. The van der Waals surface area contributed by atoms with Crippen molar-refractivity contribution in [2.45, 2.75) is 32.4 Å². The molecule has 1 aromatic carbocycles. The van der Waals surface area contributed by atoms with Crippen LogP contribution in [0.5, 0.6) is 0 Å². The third kappa shape index (κ3) is 3.24. The van der Waals surface area contributed by atoms with Crippen molar-refractivity contribution in [3.8, 4) is 11.5 Å². The smallest absolute Gasteiger partial charge is 0.257 e. The number of carbonyl (C=O) groups is 2. The Morgan fingerprint density at radius 3 is 2.89 bits per heavy atom. The zero-order chi connectivity index (χ0) is 19.7. The van der Waals surface area contributed by atoms with Crippen LogP contribution in [0.1, 0.15) is 26.1 Å². The summed E-state index contributed by atoms with van der Waals surface area (Å²) in [5.41, 5.74) is 0.694. The Morgan fingerprint density at radius 2 is 2.11 bits per heavy atom. The molecule has 2 aliphatic heterocycles. The molecule has 0 spiro atoms. The Kier molecular flexibility index (Phi) is 4.38. The van der Waals surface area contributed by atoms with Crippen molar-refractivity contribution in [2.75, 3.05) is 0 Å². The number of nitrogens with zero attached hydrogens (tertiary/aromatic N) is 4. The van der Waals surface area contributed by atoms with Crippen molar-refractivity contribution < 1.29 is 14.1 Å². The summed E-state index contributed by atoms with van der Waals surface area (Å²) in [5.74, 6) is 0.584. The predicted octanol–water partition coefficient (Wildman–Crippen LogP) is 2.22. The van der Waals surface area contributed by atoms with Crippen molar-refractivity contribution in [1.82, 2.24) is 20.4 Å². The van der Waals surface area contributed by atoms with Gasteiger partial charge in [-0.3, -0.25) is 9.59 Å². The Bertz CT molecular complexity index is 1020. The van der Waals surface area contributed by atoms with Crippen LogP contribution in [0.3, 0.4) is 0 Å². The molecule has 142 valence electrons. The molecule has 28 heavy (non-hydrogen) atoms. The maximum absolute atomic E-state index is 13.0. The van der Waals surface area contributed by atoms with E-state index >= 15 is 0 Å². The number of benzene rings is 1. The van der Waals surface area contributed by atoms with Gasteiger partial charge in [0.25, 0.3) is 11.8 Å². The second-order valence-electron chi connectivity index (χ2n) is 6.95. The van der Waals surface area contributed by atoms with Gasteiger partial charge in [-0.2, -0.15) is 9.98 Å². The zero-order valence-electron chi connectivity index (χ0n) is 15.5. The van der Waals surface area contributed by atoms with Gasteiger partial charge < -0.3 is 14.7 Å². The third-order valence-corrected chi connectivity index (χ3v) is 4.74. The summed E-state index contributed by atoms with van der Waals surface area (Å²) in [6.45, 7) is 3.73. The van der Waals surface area contributed by atoms with E-state index in [4.69, 9.17) is 4.52 Å². The molecule has 0 aliphatic carbocycles. The summed E-state index contributed by atoms with van der Waals surface area (Å²) < 4.78 is 5.25. The number of rotatable bonds is 4. The first kappa shape index (κ1) is 17.8. The molecule has 0 fully saturated rings. The molecule has 1 atom stereocenters. The van der Waals surface area contributed by atoms with Crippen molar-refractivity contribution in [3.63, 3.8) is 0 Å². The first-order valence-corrected chi connectivity index (χ1v) is 8.89. The van der Waals surface area contributed by atoms with Gasteiger partial charge in [-0.1, -0.05) is 23.4 Å². The quantitative estimate of drug-likeness (QED) is 0.877. The number of carbonyl (C=O) groups excluding carboxylic acids is 2. The standard InChI is InChI=1S/C20H19N5O3/c1-13-8-9-25-16(10-13)23-17(26)11-20(25,2)19(27)21-12-15-22-18(28-24-15)14-6-4-3-5-7-14/h3-10H,11-12H2,1-2H3,(H,21,27)/t20-/m0/s1. The van der Waals surface area contributed by atoms with Crippen LogP contribution < -0.4 is 5.32 Å². The first-order chi connectivity index (χ1) is 13.5. The van der Waals surface area contributed by atoms with E-state index in [1.54, 1.807) is 24.1 Å². The second kappa shape index (κ2) is 6.88. The average molecular weight is 377 g/mol. The predicted molar refractivity (Wildman–Crippen MR) is 102 cm³/mol. The number of amidine groups is 1. The van der Waals surface area contributed by atoms with E-state index in [-0.39, 0.29) is 24.8 Å². The average Bonchev–Trinajstić information content (AvgIpc) is 3.15. The van der Waals surface area contributed by atoms with Gasteiger partial charge in [-0.05, 0) is 43.7 Å². The zero-order valence-corrected chi connectivity index (χ0v) is 15.5. The number of allylic oxidation sites excluding steroid dienone is 2. The van der Waals surface area contributed by atoms with Crippen LogP contribution in [-0.4, -0.2) is 38.2 Å². The normalized spacial score (nSPS) is 21.1. The lowest BCUT2D eigenvalue weighted by Gasteiger charge is -2.41. The minimum Gasteiger partial charge on any atom is -0.347 e. The van der Waals surface area contributed by atoms with Gasteiger partial charge in [-0.15, -0.1) is 0 Å². The lowest BCUT2D eigenvalue weighted by molar-refractivity contribution is -0.134. The number of amides is 2. The summed E-state index contributed by atoms with van der Waals surface area (Å²) in [5, 5.41) is 6.72. The highest BCUT2D eigenvalue weighted by Crippen LogP contribution is 2.29. The number of aliphatic imine (C=N–C) groups is 1. The van der Waals surface area contributed by atoms with E-state index in [1.807, 2.05) is 43.3 Å². The maximum atomic E-state index is 13.0. The molecule has 1 N–H and O–H groups in total. The van der Waals surface area contributed by atoms with E-state index in [1.165, 1.54) is 0 Å². The summed E-state index contributed by atoms with van der Waals surface area (Å²) in [6.07, 6.45) is 5.43. The SMILES string of the molecule is CC1=CC2=NC(=O)C[C@@](C)(C(=O)NCc3noc(-c4ccccc4)n3)N2C=C1. The van der Waals surface area contributed by atoms with Crippen LogP contribution in [0.2, 0.25) is 0 Å². The Balaban J connectivity index is 1.48. The van der Waals surface area contributed by atoms with E-state index in [0.29, 0.717) is 17.6 Å². The number of fused-ring (bicyclic) bond motifs is 1. The summed E-state index contributed by atoms with van der Waals surface area (Å²) >= 11 is 0. The van der Waals surface area contributed by atoms with E-state index in [0.717, 1.165) is 11.1 Å². The van der Waals surface area contributed by atoms with Gasteiger partial charge >= 0.3 is 0 Å². The molecule has 4 rings (SSSR count). The van der Waals surface area contributed by atoms with Crippen LogP contribution in [-0.2, 0) is 16.1 Å². The number of hydrogen-bond acceptors (Lipinski definition) is 6. The van der Waals surface area contributed by atoms with E-state index in [9.17, 15) is 9.59 Å². The molecule has 0 bridgehead atoms. The lowest BCUT2D eigenvalue weighted by atomic mass is 9.90. The summed E-state index contributed by atoms with van der Waals surface area (Å²) in [6, 6.07) is 9.39. The van der Waals surface area contributed by atoms with Gasteiger partial charge in [0.1, 0.15) is 11.4 Å². The molecule has 0 saturated carbocycles. The fourth-order valence-electron chi connectivity index (χ4n) is 3.20. The molecule has 8 nitrogen and oxygen atoms in total. The van der Waals surface area contributed by atoms with Crippen LogP contribution in [0.25, 0.3) is 11.5 Å². The second-order valence-corrected chi connectivity index (χ2v) is 6.95. The van der Waals surface area contributed by atoms with Crippen molar-refractivity contribution in [2.24, 2.45) is 4.99 Å².